The molecule has 0 spiro atoms. The SMILES string of the molecule is COC1CCN(NC(=O)C(N)=O)C(c2ccc(F)cc2C)C1. The number of rotatable bonds is 3. The first-order chi connectivity index (χ1) is 10.4. The van der Waals surface area contributed by atoms with E-state index in [0.717, 1.165) is 11.1 Å². The summed E-state index contributed by atoms with van der Waals surface area (Å²) in [7, 11) is 1.64. The molecule has 0 radical (unpaired) electrons. The highest BCUT2D eigenvalue weighted by Gasteiger charge is 2.32. The van der Waals surface area contributed by atoms with Gasteiger partial charge in [-0.05, 0) is 43.0 Å². The lowest BCUT2D eigenvalue weighted by atomic mass is 9.92. The van der Waals surface area contributed by atoms with Gasteiger partial charge < -0.3 is 10.5 Å². The van der Waals surface area contributed by atoms with Crippen molar-refractivity contribution < 1.29 is 18.7 Å². The van der Waals surface area contributed by atoms with Gasteiger partial charge in [0.05, 0.1) is 12.1 Å². The highest BCUT2D eigenvalue weighted by atomic mass is 19.1. The van der Waals surface area contributed by atoms with Crippen molar-refractivity contribution in [1.29, 1.82) is 0 Å². The second-order valence-electron chi connectivity index (χ2n) is 5.40. The van der Waals surface area contributed by atoms with E-state index in [9.17, 15) is 14.0 Å². The van der Waals surface area contributed by atoms with Crippen molar-refractivity contribution in [2.24, 2.45) is 5.73 Å². The van der Waals surface area contributed by atoms with Crippen LogP contribution in [0.25, 0.3) is 0 Å². The lowest BCUT2D eigenvalue weighted by molar-refractivity contribution is -0.142. The third-order valence-electron chi connectivity index (χ3n) is 3.95. The number of halogens is 1. The predicted molar refractivity (Wildman–Crippen MR) is 78.0 cm³/mol. The van der Waals surface area contributed by atoms with E-state index in [-0.39, 0.29) is 18.0 Å². The number of hydrogen-bond donors (Lipinski definition) is 2. The van der Waals surface area contributed by atoms with Crippen molar-refractivity contribution in [2.75, 3.05) is 13.7 Å². The maximum Gasteiger partial charge on any atom is 0.323 e. The van der Waals surface area contributed by atoms with Crippen LogP contribution in [0.4, 0.5) is 4.39 Å². The quantitative estimate of drug-likeness (QED) is 0.809. The third-order valence-corrected chi connectivity index (χ3v) is 3.95. The van der Waals surface area contributed by atoms with Crippen LogP contribution in [0.3, 0.4) is 0 Å². The summed E-state index contributed by atoms with van der Waals surface area (Å²) in [4.78, 5) is 22.5. The van der Waals surface area contributed by atoms with Gasteiger partial charge in [0, 0.05) is 13.7 Å². The molecule has 6 nitrogen and oxygen atoms in total. The number of piperidine rings is 1. The molecule has 0 saturated carbocycles. The van der Waals surface area contributed by atoms with E-state index in [4.69, 9.17) is 10.5 Å². The van der Waals surface area contributed by atoms with Crippen molar-refractivity contribution in [3.05, 3.63) is 35.1 Å². The molecule has 3 N–H and O–H groups in total. The van der Waals surface area contributed by atoms with Gasteiger partial charge in [-0.3, -0.25) is 15.0 Å². The maximum absolute atomic E-state index is 13.3. The normalized spacial score (nSPS) is 22.3. The molecule has 0 aromatic heterocycles. The van der Waals surface area contributed by atoms with E-state index < -0.39 is 11.8 Å². The Kier molecular flexibility index (Phi) is 5.10. The molecule has 1 heterocycles. The highest BCUT2D eigenvalue weighted by Crippen LogP contribution is 2.32. The summed E-state index contributed by atoms with van der Waals surface area (Å²) in [6.45, 7) is 2.32. The second-order valence-corrected chi connectivity index (χ2v) is 5.40. The first-order valence-electron chi connectivity index (χ1n) is 7.08. The molecule has 0 aliphatic carbocycles. The van der Waals surface area contributed by atoms with Gasteiger partial charge in [-0.15, -0.1) is 0 Å². The molecule has 120 valence electrons. The Labute approximate surface area is 128 Å². The minimum Gasteiger partial charge on any atom is -0.381 e. The summed E-state index contributed by atoms with van der Waals surface area (Å²) in [6.07, 6.45) is 1.38. The second kappa shape index (κ2) is 6.85. The van der Waals surface area contributed by atoms with Gasteiger partial charge in [-0.1, -0.05) is 6.07 Å². The molecule has 2 atom stereocenters. The molecule has 2 rings (SSSR count). The largest absolute Gasteiger partial charge is 0.381 e. The van der Waals surface area contributed by atoms with Crippen LogP contribution in [0, 0.1) is 12.7 Å². The smallest absolute Gasteiger partial charge is 0.323 e. The van der Waals surface area contributed by atoms with Gasteiger partial charge >= 0.3 is 11.8 Å². The number of carbonyl (C=O) groups is 2. The van der Waals surface area contributed by atoms with Crippen molar-refractivity contribution in [3.8, 4) is 0 Å². The zero-order valence-corrected chi connectivity index (χ0v) is 12.6. The molecule has 1 aromatic carbocycles. The van der Waals surface area contributed by atoms with Gasteiger partial charge in [-0.25, -0.2) is 9.40 Å². The molecule has 1 aliphatic heterocycles. The van der Waals surface area contributed by atoms with Gasteiger partial charge in [0.15, 0.2) is 0 Å². The molecule has 1 saturated heterocycles. The van der Waals surface area contributed by atoms with Gasteiger partial charge in [0.25, 0.3) is 0 Å². The van der Waals surface area contributed by atoms with Crippen LogP contribution in [0.15, 0.2) is 18.2 Å². The first kappa shape index (κ1) is 16.4. The summed E-state index contributed by atoms with van der Waals surface area (Å²) >= 11 is 0. The topological polar surface area (TPSA) is 84.7 Å². The van der Waals surface area contributed by atoms with E-state index in [1.54, 1.807) is 18.2 Å². The maximum atomic E-state index is 13.3. The summed E-state index contributed by atoms with van der Waals surface area (Å²) in [6, 6.07) is 4.31. The molecule has 1 fully saturated rings. The molecular weight excluding hydrogens is 289 g/mol. The number of nitrogens with one attached hydrogen (secondary N) is 1. The standard InChI is InChI=1S/C15H20FN3O3/c1-9-7-10(16)3-4-12(9)13-8-11(22-2)5-6-19(13)18-15(21)14(17)20/h3-4,7,11,13H,5-6,8H2,1-2H3,(H2,17,20)(H,18,21). The lowest BCUT2D eigenvalue weighted by Gasteiger charge is -2.39. The van der Waals surface area contributed by atoms with Crippen LogP contribution >= 0.6 is 0 Å². The molecule has 7 heteroatoms. The fourth-order valence-corrected chi connectivity index (χ4v) is 2.77. The number of amides is 2. The number of methoxy groups -OCH3 is 1. The van der Waals surface area contributed by atoms with Crippen LogP contribution in [0.2, 0.25) is 0 Å². The number of hydrogen-bond acceptors (Lipinski definition) is 4. The summed E-state index contributed by atoms with van der Waals surface area (Å²) in [5.74, 6) is -2.21. The number of hydrazine groups is 1. The number of benzene rings is 1. The third kappa shape index (κ3) is 3.61. The van der Waals surface area contributed by atoms with Crippen LogP contribution < -0.4 is 11.2 Å². The summed E-state index contributed by atoms with van der Waals surface area (Å²) in [5, 5.41) is 1.67. The van der Waals surface area contributed by atoms with E-state index in [1.807, 2.05) is 6.92 Å². The van der Waals surface area contributed by atoms with Crippen molar-refractivity contribution in [1.82, 2.24) is 10.4 Å². The van der Waals surface area contributed by atoms with Crippen LogP contribution in [0.5, 0.6) is 0 Å². The van der Waals surface area contributed by atoms with Crippen LogP contribution in [-0.2, 0) is 14.3 Å². The Balaban J connectivity index is 2.27. The lowest BCUT2D eigenvalue weighted by Crippen LogP contribution is -2.52. The van der Waals surface area contributed by atoms with Crippen molar-refractivity contribution in [2.45, 2.75) is 31.9 Å². The fraction of sp³-hybridized carbons (Fsp3) is 0.467. The zero-order chi connectivity index (χ0) is 16.3. The molecule has 0 bridgehead atoms. The molecule has 1 aromatic rings. The summed E-state index contributed by atoms with van der Waals surface area (Å²) < 4.78 is 18.7. The van der Waals surface area contributed by atoms with E-state index in [1.165, 1.54) is 12.1 Å². The number of carbonyl (C=O) groups excluding carboxylic acids is 2. The Morgan fingerprint density at radius 3 is 2.77 bits per heavy atom. The number of aryl methyl sites for hydroxylation is 1. The number of ether oxygens (including phenoxy) is 1. The molecule has 22 heavy (non-hydrogen) atoms. The molecule has 2 unspecified atom stereocenters. The van der Waals surface area contributed by atoms with Crippen LogP contribution in [0.1, 0.15) is 30.0 Å². The van der Waals surface area contributed by atoms with Crippen molar-refractivity contribution >= 4 is 11.8 Å². The average Bonchev–Trinajstić information content (AvgIpc) is 2.48. The molecule has 2 amide bonds. The van der Waals surface area contributed by atoms with E-state index in [2.05, 4.69) is 5.43 Å². The minimum atomic E-state index is -1.04. The van der Waals surface area contributed by atoms with Gasteiger partial charge in [0.2, 0.25) is 0 Å². The number of primary amides is 1. The average molecular weight is 309 g/mol. The minimum absolute atomic E-state index is 0.0381. The Bertz CT molecular complexity index is 579. The Morgan fingerprint density at radius 2 is 2.18 bits per heavy atom. The number of nitrogens with zero attached hydrogens (tertiary/aromatic N) is 1. The predicted octanol–water partition coefficient (Wildman–Crippen LogP) is 0.803. The van der Waals surface area contributed by atoms with Crippen molar-refractivity contribution in [3.63, 3.8) is 0 Å². The molecular formula is C15H20FN3O3. The fourth-order valence-electron chi connectivity index (χ4n) is 2.77. The Morgan fingerprint density at radius 1 is 1.45 bits per heavy atom. The Hall–Kier alpha value is -1.99. The molecule has 1 aliphatic rings. The first-order valence-corrected chi connectivity index (χ1v) is 7.08. The monoisotopic (exact) mass is 309 g/mol. The zero-order valence-electron chi connectivity index (χ0n) is 12.6. The van der Waals surface area contributed by atoms with Crippen LogP contribution in [-0.4, -0.2) is 36.6 Å². The van der Waals surface area contributed by atoms with Gasteiger partial charge in [-0.2, -0.15) is 0 Å². The highest BCUT2D eigenvalue weighted by molar-refractivity contribution is 6.34. The van der Waals surface area contributed by atoms with E-state index in [0.29, 0.717) is 19.4 Å². The van der Waals surface area contributed by atoms with E-state index >= 15 is 0 Å². The summed E-state index contributed by atoms with van der Waals surface area (Å²) in [5.41, 5.74) is 9.17. The van der Waals surface area contributed by atoms with Gasteiger partial charge in [0.1, 0.15) is 5.82 Å². The number of nitrogens with two attached hydrogens (primary N) is 1.